The van der Waals surface area contributed by atoms with Gasteiger partial charge in [-0.15, -0.1) is 0 Å². The van der Waals surface area contributed by atoms with E-state index in [9.17, 15) is 0 Å². The first-order valence-corrected chi connectivity index (χ1v) is 4.35. The van der Waals surface area contributed by atoms with Crippen LogP contribution in [0.4, 0.5) is 0 Å². The van der Waals surface area contributed by atoms with Crippen LogP contribution in [0.2, 0.25) is 0 Å². The molecule has 0 radical (unpaired) electrons. The smallest absolute Gasteiger partial charge is 0.137 e. The summed E-state index contributed by atoms with van der Waals surface area (Å²) in [6.45, 7) is 4.06. The molecule has 0 aliphatic carbocycles. The molecule has 1 aromatic carbocycles. The standard InChI is InChI=1S/C11H12N2/c1-8-3-5-10(6-4-8)11-12-7-9(2)13-11/h3-7H,1-2H3,(H,12,13). The number of H-pyrrole nitrogens is 1. The summed E-state index contributed by atoms with van der Waals surface area (Å²) < 4.78 is 0. The summed E-state index contributed by atoms with van der Waals surface area (Å²) in [6.07, 6.45) is 1.91. The van der Waals surface area contributed by atoms with Gasteiger partial charge in [0.25, 0.3) is 0 Å². The summed E-state index contributed by atoms with van der Waals surface area (Å²) in [5.74, 6) is 0.942. The fourth-order valence-electron chi connectivity index (χ4n) is 1.27. The first-order chi connectivity index (χ1) is 6.25. The molecule has 0 amide bonds. The maximum Gasteiger partial charge on any atom is 0.137 e. The average Bonchev–Trinajstić information content (AvgIpc) is 2.53. The molecule has 0 saturated carbocycles. The molecular weight excluding hydrogens is 160 g/mol. The third-order valence-electron chi connectivity index (χ3n) is 2.03. The first kappa shape index (κ1) is 8.05. The highest BCUT2D eigenvalue weighted by Crippen LogP contribution is 2.15. The predicted octanol–water partition coefficient (Wildman–Crippen LogP) is 2.69. The molecule has 0 fully saturated rings. The van der Waals surface area contributed by atoms with E-state index in [-0.39, 0.29) is 0 Å². The van der Waals surface area contributed by atoms with Crippen LogP contribution in [0, 0.1) is 13.8 Å². The molecule has 0 unspecified atom stereocenters. The molecule has 2 rings (SSSR count). The molecule has 1 N–H and O–H groups in total. The molecule has 0 bridgehead atoms. The summed E-state index contributed by atoms with van der Waals surface area (Å²) >= 11 is 0. The number of nitrogens with one attached hydrogen (secondary N) is 1. The van der Waals surface area contributed by atoms with Crippen molar-refractivity contribution in [3.8, 4) is 11.4 Å². The zero-order valence-corrected chi connectivity index (χ0v) is 7.83. The zero-order valence-electron chi connectivity index (χ0n) is 7.83. The lowest BCUT2D eigenvalue weighted by molar-refractivity contribution is 1.25. The Morgan fingerprint density at radius 1 is 1.08 bits per heavy atom. The first-order valence-electron chi connectivity index (χ1n) is 4.35. The van der Waals surface area contributed by atoms with E-state index in [1.54, 1.807) is 0 Å². The van der Waals surface area contributed by atoms with Gasteiger partial charge >= 0.3 is 0 Å². The summed E-state index contributed by atoms with van der Waals surface area (Å²) in [6, 6.07) is 8.33. The normalized spacial score (nSPS) is 10.3. The van der Waals surface area contributed by atoms with Crippen molar-refractivity contribution in [3.63, 3.8) is 0 Å². The number of hydrogen-bond acceptors (Lipinski definition) is 1. The molecule has 2 nitrogen and oxygen atoms in total. The van der Waals surface area contributed by atoms with E-state index >= 15 is 0 Å². The number of aromatic nitrogens is 2. The van der Waals surface area contributed by atoms with Gasteiger partial charge in [0.2, 0.25) is 0 Å². The number of aryl methyl sites for hydroxylation is 2. The van der Waals surface area contributed by atoms with Gasteiger partial charge in [-0.2, -0.15) is 0 Å². The van der Waals surface area contributed by atoms with Gasteiger partial charge in [-0.05, 0) is 13.8 Å². The van der Waals surface area contributed by atoms with Crippen LogP contribution in [0.25, 0.3) is 11.4 Å². The Morgan fingerprint density at radius 3 is 2.31 bits per heavy atom. The van der Waals surface area contributed by atoms with Crippen LogP contribution in [0.5, 0.6) is 0 Å². The van der Waals surface area contributed by atoms with E-state index in [0.717, 1.165) is 17.1 Å². The van der Waals surface area contributed by atoms with Gasteiger partial charge in [0.15, 0.2) is 0 Å². The summed E-state index contributed by atoms with van der Waals surface area (Å²) in [5, 5.41) is 0. The Bertz CT molecular complexity index is 398. The van der Waals surface area contributed by atoms with Crippen LogP contribution in [0.1, 0.15) is 11.3 Å². The van der Waals surface area contributed by atoms with Crippen molar-refractivity contribution in [2.24, 2.45) is 0 Å². The zero-order chi connectivity index (χ0) is 9.26. The number of imidazole rings is 1. The molecule has 0 aliphatic rings. The van der Waals surface area contributed by atoms with Crippen molar-refractivity contribution >= 4 is 0 Å². The highest BCUT2D eigenvalue weighted by atomic mass is 14.9. The van der Waals surface area contributed by atoms with E-state index in [0.29, 0.717) is 0 Å². The van der Waals surface area contributed by atoms with E-state index in [1.807, 2.05) is 13.1 Å². The molecule has 66 valence electrons. The maximum absolute atomic E-state index is 4.36. The Morgan fingerprint density at radius 2 is 1.77 bits per heavy atom. The molecule has 1 aromatic heterocycles. The number of rotatable bonds is 1. The second-order valence-electron chi connectivity index (χ2n) is 3.26. The number of aromatic amines is 1. The fourth-order valence-corrected chi connectivity index (χ4v) is 1.27. The highest BCUT2D eigenvalue weighted by Gasteiger charge is 1.99. The molecule has 0 aliphatic heterocycles. The molecular formula is C11H12N2. The van der Waals surface area contributed by atoms with Gasteiger partial charge in [-0.25, -0.2) is 4.98 Å². The van der Waals surface area contributed by atoms with E-state index in [1.165, 1.54) is 5.56 Å². The number of hydrogen-bond donors (Lipinski definition) is 1. The van der Waals surface area contributed by atoms with Gasteiger partial charge in [-0.3, -0.25) is 0 Å². The van der Waals surface area contributed by atoms with Crippen molar-refractivity contribution in [3.05, 3.63) is 41.7 Å². The Balaban J connectivity index is 2.41. The lowest BCUT2D eigenvalue weighted by Crippen LogP contribution is -1.80. The fraction of sp³-hybridized carbons (Fsp3) is 0.182. The van der Waals surface area contributed by atoms with Crippen LogP contribution in [-0.2, 0) is 0 Å². The summed E-state index contributed by atoms with van der Waals surface area (Å²) in [5.41, 5.74) is 3.43. The minimum Gasteiger partial charge on any atom is -0.344 e. The molecule has 2 heteroatoms. The Kier molecular flexibility index (Phi) is 1.89. The molecule has 0 atom stereocenters. The molecule has 0 saturated heterocycles. The van der Waals surface area contributed by atoms with Crippen molar-refractivity contribution < 1.29 is 0 Å². The molecule has 1 heterocycles. The van der Waals surface area contributed by atoms with Crippen LogP contribution < -0.4 is 0 Å². The third-order valence-corrected chi connectivity index (χ3v) is 2.03. The monoisotopic (exact) mass is 172 g/mol. The van der Waals surface area contributed by atoms with Gasteiger partial charge in [0.05, 0.1) is 5.69 Å². The van der Waals surface area contributed by atoms with Crippen molar-refractivity contribution in [1.29, 1.82) is 0 Å². The minimum atomic E-state index is 0.942. The minimum absolute atomic E-state index is 0.942. The van der Waals surface area contributed by atoms with Crippen LogP contribution in [-0.4, -0.2) is 9.97 Å². The quantitative estimate of drug-likeness (QED) is 0.704. The topological polar surface area (TPSA) is 28.7 Å². The molecule has 2 aromatic rings. The number of nitrogens with zero attached hydrogens (tertiary/aromatic N) is 1. The van der Waals surface area contributed by atoms with Crippen molar-refractivity contribution in [2.45, 2.75) is 13.8 Å². The number of benzene rings is 1. The lowest BCUT2D eigenvalue weighted by Gasteiger charge is -1.96. The summed E-state index contributed by atoms with van der Waals surface area (Å²) in [4.78, 5) is 7.49. The van der Waals surface area contributed by atoms with Gasteiger partial charge < -0.3 is 4.98 Å². The lowest BCUT2D eigenvalue weighted by atomic mass is 10.1. The molecule has 13 heavy (non-hydrogen) atoms. The van der Waals surface area contributed by atoms with Crippen LogP contribution >= 0.6 is 0 Å². The van der Waals surface area contributed by atoms with Gasteiger partial charge in [0.1, 0.15) is 5.82 Å². The van der Waals surface area contributed by atoms with Crippen LogP contribution in [0.3, 0.4) is 0 Å². The van der Waals surface area contributed by atoms with Gasteiger partial charge in [0, 0.05) is 11.8 Å². The SMILES string of the molecule is Cc1ccc(-c2nc(C)c[nH]2)cc1. The van der Waals surface area contributed by atoms with Crippen molar-refractivity contribution in [1.82, 2.24) is 9.97 Å². The summed E-state index contributed by atoms with van der Waals surface area (Å²) in [7, 11) is 0. The second kappa shape index (κ2) is 3.05. The predicted molar refractivity (Wildman–Crippen MR) is 53.5 cm³/mol. The maximum atomic E-state index is 4.36. The highest BCUT2D eigenvalue weighted by molar-refractivity contribution is 5.55. The second-order valence-corrected chi connectivity index (χ2v) is 3.26. The van der Waals surface area contributed by atoms with Crippen molar-refractivity contribution in [2.75, 3.05) is 0 Å². The average molecular weight is 172 g/mol. The van der Waals surface area contributed by atoms with E-state index in [4.69, 9.17) is 0 Å². The Labute approximate surface area is 77.6 Å². The Hall–Kier alpha value is -1.57. The van der Waals surface area contributed by atoms with Crippen LogP contribution in [0.15, 0.2) is 30.5 Å². The van der Waals surface area contributed by atoms with E-state index < -0.39 is 0 Å². The largest absolute Gasteiger partial charge is 0.344 e. The third kappa shape index (κ3) is 1.61. The molecule has 0 spiro atoms. The van der Waals surface area contributed by atoms with Gasteiger partial charge in [-0.1, -0.05) is 29.8 Å². The van der Waals surface area contributed by atoms with E-state index in [2.05, 4.69) is 41.2 Å².